The Morgan fingerprint density at radius 3 is 2.64 bits per heavy atom. The number of nitrogens with one attached hydrogen (secondary N) is 2. The predicted molar refractivity (Wildman–Crippen MR) is 125 cm³/mol. The van der Waals surface area contributed by atoms with Crippen LogP contribution in [0.4, 0.5) is 5.69 Å². The SMILES string of the molecule is CCCCNC(=O)c1cc(-c2ccc(OC)cc2)nc2n[nH]c(-c3cccc([N+](=O)[O-])c3)c12. The van der Waals surface area contributed by atoms with E-state index in [-0.39, 0.29) is 11.6 Å². The molecule has 0 bridgehead atoms. The van der Waals surface area contributed by atoms with Crippen molar-refractivity contribution in [2.24, 2.45) is 0 Å². The number of methoxy groups -OCH3 is 1. The first kappa shape index (κ1) is 21.9. The number of ether oxygens (including phenoxy) is 1. The van der Waals surface area contributed by atoms with Gasteiger partial charge in [-0.15, -0.1) is 0 Å². The lowest BCUT2D eigenvalue weighted by Crippen LogP contribution is -2.24. The molecule has 0 fully saturated rings. The Labute approximate surface area is 190 Å². The van der Waals surface area contributed by atoms with Crippen LogP contribution in [0.25, 0.3) is 33.5 Å². The molecule has 0 aliphatic heterocycles. The van der Waals surface area contributed by atoms with E-state index in [1.54, 1.807) is 25.3 Å². The standard InChI is InChI=1S/C24H23N5O4/c1-3-4-12-25-24(30)19-14-20(15-8-10-18(33-2)11-9-15)26-23-21(19)22(27-28-23)16-6-5-7-17(13-16)29(31)32/h5-11,13-14H,3-4,12H2,1-2H3,(H,25,30)(H,26,27,28). The first-order valence-corrected chi connectivity index (χ1v) is 10.6. The maximum Gasteiger partial charge on any atom is 0.270 e. The number of benzene rings is 2. The van der Waals surface area contributed by atoms with Gasteiger partial charge in [-0.2, -0.15) is 5.10 Å². The lowest BCUT2D eigenvalue weighted by Gasteiger charge is -2.10. The fourth-order valence-electron chi connectivity index (χ4n) is 3.57. The molecule has 33 heavy (non-hydrogen) atoms. The molecule has 9 heteroatoms. The average Bonchev–Trinajstić information content (AvgIpc) is 3.28. The van der Waals surface area contributed by atoms with E-state index in [1.165, 1.54) is 12.1 Å². The molecule has 0 aliphatic rings. The Morgan fingerprint density at radius 1 is 1.15 bits per heavy atom. The summed E-state index contributed by atoms with van der Waals surface area (Å²) >= 11 is 0. The smallest absolute Gasteiger partial charge is 0.270 e. The monoisotopic (exact) mass is 445 g/mol. The molecule has 2 heterocycles. The fraction of sp³-hybridized carbons (Fsp3) is 0.208. The molecule has 0 saturated carbocycles. The Hall–Kier alpha value is -4.27. The van der Waals surface area contributed by atoms with Gasteiger partial charge in [0, 0.05) is 29.8 Å². The number of H-pyrrole nitrogens is 1. The number of aromatic nitrogens is 3. The predicted octanol–water partition coefficient (Wildman–Crippen LogP) is 4.74. The van der Waals surface area contributed by atoms with E-state index < -0.39 is 4.92 Å². The molecule has 4 rings (SSSR count). The maximum absolute atomic E-state index is 13.2. The van der Waals surface area contributed by atoms with Crippen LogP contribution in [-0.2, 0) is 0 Å². The summed E-state index contributed by atoms with van der Waals surface area (Å²) in [5.41, 5.74) is 3.15. The van der Waals surface area contributed by atoms with Crippen LogP contribution in [0.3, 0.4) is 0 Å². The van der Waals surface area contributed by atoms with E-state index in [0.29, 0.717) is 45.8 Å². The number of carbonyl (C=O) groups excluding carboxylic acids is 1. The largest absolute Gasteiger partial charge is 0.497 e. The average molecular weight is 445 g/mol. The van der Waals surface area contributed by atoms with Crippen LogP contribution in [0.2, 0.25) is 0 Å². The molecule has 0 aliphatic carbocycles. The number of aromatic amines is 1. The third-order valence-corrected chi connectivity index (χ3v) is 5.32. The molecule has 0 saturated heterocycles. The van der Waals surface area contributed by atoms with Gasteiger partial charge in [-0.05, 0) is 36.8 Å². The summed E-state index contributed by atoms with van der Waals surface area (Å²) in [5.74, 6) is 0.462. The zero-order valence-corrected chi connectivity index (χ0v) is 18.3. The number of rotatable bonds is 8. The molecule has 9 nitrogen and oxygen atoms in total. The second-order valence-electron chi connectivity index (χ2n) is 7.50. The van der Waals surface area contributed by atoms with Crippen molar-refractivity contribution in [2.75, 3.05) is 13.7 Å². The first-order valence-electron chi connectivity index (χ1n) is 10.6. The molecule has 4 aromatic rings. The molecular weight excluding hydrogens is 422 g/mol. The Bertz CT molecular complexity index is 1310. The van der Waals surface area contributed by atoms with Gasteiger partial charge < -0.3 is 10.1 Å². The number of unbranched alkanes of at least 4 members (excludes halogenated alkanes) is 1. The van der Waals surface area contributed by atoms with Crippen molar-refractivity contribution in [3.8, 4) is 28.3 Å². The van der Waals surface area contributed by atoms with Crippen molar-refractivity contribution >= 4 is 22.6 Å². The number of nitrogens with zero attached hydrogens (tertiary/aromatic N) is 3. The minimum Gasteiger partial charge on any atom is -0.497 e. The van der Waals surface area contributed by atoms with Crippen LogP contribution < -0.4 is 10.1 Å². The third-order valence-electron chi connectivity index (χ3n) is 5.32. The van der Waals surface area contributed by atoms with Crippen molar-refractivity contribution in [3.05, 3.63) is 70.3 Å². The van der Waals surface area contributed by atoms with Crippen molar-refractivity contribution in [1.82, 2.24) is 20.5 Å². The van der Waals surface area contributed by atoms with Gasteiger partial charge in [0.1, 0.15) is 5.75 Å². The minimum atomic E-state index is -0.458. The molecule has 1 amide bonds. The van der Waals surface area contributed by atoms with Gasteiger partial charge in [-0.3, -0.25) is 20.0 Å². The molecule has 0 unspecified atom stereocenters. The highest BCUT2D eigenvalue weighted by atomic mass is 16.6. The highest BCUT2D eigenvalue weighted by Gasteiger charge is 2.21. The highest BCUT2D eigenvalue weighted by molar-refractivity contribution is 6.11. The number of nitro groups is 1. The molecule has 2 N–H and O–H groups in total. The second kappa shape index (κ2) is 9.47. The molecular formula is C24H23N5O4. The fourth-order valence-corrected chi connectivity index (χ4v) is 3.57. The van der Waals surface area contributed by atoms with Gasteiger partial charge in [-0.25, -0.2) is 4.98 Å². The van der Waals surface area contributed by atoms with Gasteiger partial charge in [0.15, 0.2) is 5.65 Å². The normalized spacial score (nSPS) is 10.8. The van der Waals surface area contributed by atoms with Crippen molar-refractivity contribution in [3.63, 3.8) is 0 Å². The lowest BCUT2D eigenvalue weighted by atomic mass is 10.0. The van der Waals surface area contributed by atoms with Crippen LogP contribution in [0.5, 0.6) is 5.75 Å². The van der Waals surface area contributed by atoms with E-state index in [0.717, 1.165) is 18.4 Å². The topological polar surface area (TPSA) is 123 Å². The van der Waals surface area contributed by atoms with E-state index in [1.807, 2.05) is 24.3 Å². The zero-order chi connectivity index (χ0) is 23.4. The Balaban J connectivity index is 1.87. The van der Waals surface area contributed by atoms with Crippen molar-refractivity contribution in [1.29, 1.82) is 0 Å². The summed E-state index contributed by atoms with van der Waals surface area (Å²) in [7, 11) is 1.59. The van der Waals surface area contributed by atoms with Crippen molar-refractivity contribution in [2.45, 2.75) is 19.8 Å². The van der Waals surface area contributed by atoms with Gasteiger partial charge >= 0.3 is 0 Å². The second-order valence-corrected chi connectivity index (χ2v) is 7.50. The number of amides is 1. The van der Waals surface area contributed by atoms with Gasteiger partial charge in [0.25, 0.3) is 11.6 Å². The van der Waals surface area contributed by atoms with E-state index >= 15 is 0 Å². The van der Waals surface area contributed by atoms with Crippen molar-refractivity contribution < 1.29 is 14.5 Å². The number of nitro benzene ring substituents is 1. The van der Waals surface area contributed by atoms with E-state index in [4.69, 9.17) is 4.74 Å². The molecule has 168 valence electrons. The quantitative estimate of drug-likeness (QED) is 0.229. The summed E-state index contributed by atoms with van der Waals surface area (Å²) in [6.45, 7) is 2.59. The van der Waals surface area contributed by atoms with Crippen LogP contribution in [0.15, 0.2) is 54.6 Å². The molecule has 2 aromatic heterocycles. The summed E-state index contributed by atoms with van der Waals surface area (Å²) in [5, 5.41) is 22.0. The molecule has 0 radical (unpaired) electrons. The van der Waals surface area contributed by atoms with E-state index in [2.05, 4.69) is 27.4 Å². The number of non-ortho nitro benzene ring substituents is 1. The van der Waals surface area contributed by atoms with Crippen LogP contribution in [-0.4, -0.2) is 39.7 Å². The van der Waals surface area contributed by atoms with Crippen LogP contribution >= 0.6 is 0 Å². The summed E-state index contributed by atoms with van der Waals surface area (Å²) in [6.07, 6.45) is 1.81. The van der Waals surface area contributed by atoms with E-state index in [9.17, 15) is 14.9 Å². The minimum absolute atomic E-state index is 0.0491. The molecule has 0 atom stereocenters. The molecule has 2 aromatic carbocycles. The lowest BCUT2D eigenvalue weighted by molar-refractivity contribution is -0.384. The molecule has 0 spiro atoms. The first-order chi connectivity index (χ1) is 16.0. The van der Waals surface area contributed by atoms with Gasteiger partial charge in [0.05, 0.1) is 34.4 Å². The Kier molecular flexibility index (Phi) is 6.30. The summed E-state index contributed by atoms with van der Waals surface area (Å²) in [4.78, 5) is 28.6. The van der Waals surface area contributed by atoms with Gasteiger partial charge in [-0.1, -0.05) is 25.5 Å². The van der Waals surface area contributed by atoms with Crippen LogP contribution in [0, 0.1) is 10.1 Å². The number of fused-ring (bicyclic) bond motifs is 1. The zero-order valence-electron chi connectivity index (χ0n) is 18.3. The Morgan fingerprint density at radius 2 is 1.94 bits per heavy atom. The summed E-state index contributed by atoms with van der Waals surface area (Å²) < 4.78 is 5.22. The summed E-state index contributed by atoms with van der Waals surface area (Å²) in [6, 6.07) is 15.3. The van der Waals surface area contributed by atoms with Crippen LogP contribution in [0.1, 0.15) is 30.1 Å². The number of hydrogen-bond acceptors (Lipinski definition) is 6. The van der Waals surface area contributed by atoms with Gasteiger partial charge in [0.2, 0.25) is 0 Å². The number of pyridine rings is 1. The highest BCUT2D eigenvalue weighted by Crippen LogP contribution is 2.33. The maximum atomic E-state index is 13.2. The third kappa shape index (κ3) is 4.52. The number of carbonyl (C=O) groups is 1. The number of hydrogen-bond donors (Lipinski definition) is 2.